The van der Waals surface area contributed by atoms with Gasteiger partial charge in [0, 0.05) is 13.8 Å². The Morgan fingerprint density at radius 2 is 0.711 bits per heavy atom. The van der Waals surface area contributed by atoms with E-state index in [2.05, 4.69) is 159 Å². The minimum absolute atomic E-state index is 0.506. The molecule has 0 bridgehead atoms. The molecule has 656 valence electrons. The Morgan fingerprint density at radius 1 is 0.395 bits per heavy atom. The Labute approximate surface area is 675 Å². The number of carbonyl (C=O) groups excluding carboxylic acids is 2. The van der Waals surface area contributed by atoms with Crippen LogP contribution in [0.3, 0.4) is 0 Å². The number of hydrogen-bond acceptors (Lipinski definition) is 29. The minimum Gasteiger partial charge on any atom is -0.756 e. The van der Waals surface area contributed by atoms with Crippen LogP contribution >= 0.6 is 31.3 Å². The molecule has 11 N–H and O–H groups in total. The lowest BCUT2D eigenvalue weighted by Crippen LogP contribution is -2.69. The SMILES string of the molecule is CC(=O)N[C@H]1[C@@H](OP(=O)([O-])OP(=O)([O-])OC/C=C(/C)CC/C=C(/C)CC/C=C(/C)CC/C=C(/C)CC/C=C(/C)CC/C=C(/C)CC/C=C(/C)CC/C=C(/C)CC/C=C(\C)CC/C=C(\C)CCC=C(C)C)O[C@H](CO)[C@@H](O[C@@H]2O[C@H](CO)[C@@H](OP(=O)([O-])OC[C@H](O)COP(=O)([O-])OC[C@H](O)[C@H](O)[C@H](O)CO)[C@H](O)[C@H]2NC(C)=O)[C@@H]1O. The Morgan fingerprint density at radius 3 is 1.06 bits per heavy atom. The van der Waals surface area contributed by atoms with E-state index in [1.807, 2.05) is 6.92 Å². The summed E-state index contributed by atoms with van der Waals surface area (Å²) in [4.78, 5) is 76.0. The number of phosphoric ester groups is 4. The van der Waals surface area contributed by atoms with Gasteiger partial charge in [0.05, 0.1) is 46.2 Å². The van der Waals surface area contributed by atoms with Gasteiger partial charge in [-0.2, -0.15) is 0 Å². The molecule has 0 aromatic carbocycles. The van der Waals surface area contributed by atoms with E-state index in [1.54, 1.807) is 6.92 Å². The van der Waals surface area contributed by atoms with Gasteiger partial charge in [-0.3, -0.25) is 32.4 Å². The van der Waals surface area contributed by atoms with Crippen LogP contribution in [0, 0.1) is 0 Å². The van der Waals surface area contributed by atoms with E-state index in [-0.39, 0.29) is 0 Å². The summed E-state index contributed by atoms with van der Waals surface area (Å²) in [6.07, 6.45) is 19.8. The van der Waals surface area contributed by atoms with Crippen LogP contribution in [0.4, 0.5) is 0 Å². The fraction of sp³-hybridized carbons (Fsp3) is 0.696. The molecule has 2 fully saturated rings. The zero-order valence-electron chi connectivity index (χ0n) is 69.0. The fourth-order valence-corrected chi connectivity index (χ4v) is 15.7. The van der Waals surface area contributed by atoms with Gasteiger partial charge in [0.15, 0.2) is 12.6 Å². The molecule has 0 spiro atoms. The molecular formula is C79H132N2O29P4-4. The summed E-state index contributed by atoms with van der Waals surface area (Å²) >= 11 is 0. The molecule has 2 aliphatic heterocycles. The Hall–Kier alpha value is -3.92. The smallest absolute Gasteiger partial charge is 0.276 e. The number of ether oxygens (including phenoxy) is 3. The third-order valence-corrected chi connectivity index (χ3v) is 23.1. The van der Waals surface area contributed by atoms with Gasteiger partial charge in [-0.15, -0.1) is 0 Å². The van der Waals surface area contributed by atoms with E-state index in [1.165, 1.54) is 56.2 Å². The van der Waals surface area contributed by atoms with Crippen molar-refractivity contribution in [2.45, 2.75) is 311 Å². The molecule has 4 unspecified atom stereocenters. The second-order valence-electron chi connectivity index (χ2n) is 29.8. The van der Waals surface area contributed by atoms with E-state index in [4.69, 9.17) is 32.9 Å². The van der Waals surface area contributed by atoms with Crippen molar-refractivity contribution in [2.24, 2.45) is 0 Å². The van der Waals surface area contributed by atoms with Crippen LogP contribution in [0.2, 0.25) is 0 Å². The van der Waals surface area contributed by atoms with Gasteiger partial charge in [0.1, 0.15) is 73.1 Å². The van der Waals surface area contributed by atoms with Crippen molar-refractivity contribution in [3.63, 3.8) is 0 Å². The van der Waals surface area contributed by atoms with Gasteiger partial charge >= 0.3 is 0 Å². The summed E-state index contributed by atoms with van der Waals surface area (Å²) in [5, 5.41) is 96.1. The molecule has 114 heavy (non-hydrogen) atoms. The van der Waals surface area contributed by atoms with Crippen molar-refractivity contribution < 1.29 is 139 Å². The molecule has 31 nitrogen and oxygen atoms in total. The van der Waals surface area contributed by atoms with E-state index >= 15 is 0 Å². The number of aliphatic hydroxyl groups is 9. The summed E-state index contributed by atoms with van der Waals surface area (Å²) in [6.45, 7) is 20.0. The number of allylic oxidation sites excluding steroid dienone is 21. The Kier molecular flexibility index (Phi) is 52.0. The van der Waals surface area contributed by atoms with Crippen molar-refractivity contribution in [1.82, 2.24) is 10.6 Å². The van der Waals surface area contributed by atoms with Crippen LogP contribution in [-0.4, -0.2) is 190 Å². The molecule has 0 aromatic rings. The molecular weight excluding hydrogens is 1560 g/mol. The van der Waals surface area contributed by atoms with Crippen LogP contribution < -0.4 is 30.2 Å². The van der Waals surface area contributed by atoms with Gasteiger partial charge in [-0.25, -0.2) is 4.31 Å². The van der Waals surface area contributed by atoms with Crippen molar-refractivity contribution in [3.05, 3.63) is 128 Å². The molecule has 2 rings (SSSR count). The molecule has 2 heterocycles. The summed E-state index contributed by atoms with van der Waals surface area (Å²) < 4.78 is 100. The maximum absolute atomic E-state index is 13.2. The molecule has 18 atom stereocenters. The van der Waals surface area contributed by atoms with E-state index < -0.39 is 175 Å². The summed E-state index contributed by atoms with van der Waals surface area (Å²) in [7, 11) is -23.0. The van der Waals surface area contributed by atoms with Crippen LogP contribution in [-0.2, 0) is 73.5 Å². The number of rotatable bonds is 57. The van der Waals surface area contributed by atoms with Crippen molar-refractivity contribution in [1.29, 1.82) is 0 Å². The van der Waals surface area contributed by atoms with E-state index in [9.17, 15) is 88.3 Å². The van der Waals surface area contributed by atoms with Crippen molar-refractivity contribution in [2.75, 3.05) is 46.2 Å². The topological polar surface area (TPSA) is 493 Å². The molecule has 2 amide bonds. The molecule has 2 aliphatic rings. The molecule has 0 aliphatic carbocycles. The molecule has 0 radical (unpaired) electrons. The van der Waals surface area contributed by atoms with Crippen LogP contribution in [0.15, 0.2) is 128 Å². The van der Waals surface area contributed by atoms with Crippen LogP contribution in [0.25, 0.3) is 0 Å². The molecule has 0 saturated carbocycles. The van der Waals surface area contributed by atoms with Gasteiger partial charge < -0.3 is 113 Å². The first-order valence-electron chi connectivity index (χ1n) is 38.9. The van der Waals surface area contributed by atoms with Gasteiger partial charge in [-0.1, -0.05) is 128 Å². The molecule has 0 aromatic heterocycles. The summed E-state index contributed by atoms with van der Waals surface area (Å²) in [5.41, 5.74) is 14.7. The van der Waals surface area contributed by atoms with Gasteiger partial charge in [-0.05, 0) is 212 Å². The average molecular weight is 1700 g/mol. The maximum atomic E-state index is 13.2. The second-order valence-corrected chi connectivity index (χ2v) is 35.5. The lowest BCUT2D eigenvalue weighted by atomic mass is 9.94. The highest BCUT2D eigenvalue weighted by Crippen LogP contribution is 2.57. The number of amides is 2. The predicted molar refractivity (Wildman–Crippen MR) is 425 cm³/mol. The van der Waals surface area contributed by atoms with E-state index in [0.717, 1.165) is 135 Å². The number of aliphatic hydroxyl groups excluding tert-OH is 9. The second kappa shape index (κ2) is 55.8. The first-order chi connectivity index (χ1) is 53.4. The normalized spacial score (nSPS) is 24.9. The molecule has 2 saturated heterocycles. The van der Waals surface area contributed by atoms with Crippen LogP contribution in [0.1, 0.15) is 225 Å². The fourth-order valence-electron chi connectivity index (χ4n) is 11.9. The first-order valence-corrected chi connectivity index (χ1v) is 44.8. The van der Waals surface area contributed by atoms with Gasteiger partial charge in [0.25, 0.3) is 31.3 Å². The average Bonchev–Trinajstić information content (AvgIpc) is 0.770. The quantitative estimate of drug-likeness (QED) is 0.0199. The van der Waals surface area contributed by atoms with Gasteiger partial charge in [0.2, 0.25) is 11.8 Å². The predicted octanol–water partition coefficient (Wildman–Crippen LogP) is 9.56. The highest BCUT2D eigenvalue weighted by atomic mass is 31.3. The third-order valence-electron chi connectivity index (χ3n) is 18.7. The minimum atomic E-state index is -6.11. The first kappa shape index (κ1) is 106. The lowest BCUT2D eigenvalue weighted by Gasteiger charge is -2.49. The largest absolute Gasteiger partial charge is 0.756 e. The standard InChI is InChI=1S/C79H136N2O29P4/c1-53(2)25-15-26-54(3)27-16-28-55(4)29-17-30-56(5)31-18-32-57(6)33-19-34-58(7)35-20-36-59(8)37-21-38-60(9)39-22-40-61(10)41-23-42-62(11)43-24-44-63(12)45-46-101-113(97,98)110-114(99,100)109-79-72(81-65(14)86)74(91)76(69(48-83)106-79)107-78-71(80-64(13)85)75(92)77(70(49-84)105-78)108-112(95,96)103-51-66(87)50-102-111(93,94)104-52-68(89)73(90)67(88)47-82/h25,27,29,31,33,35,37,39,41,43,45,66-79,82-84,87-92H,15-24,26,28,30,32,34,36,38,40,42,44,46-52H2,1-14H3,(H,80,85)(H,81,86)(H,93,94)(H,95,96)(H,97,98)(H,99,100)/p-4/b54-27+,55-29+,56-31-,57-33-,58-35-,59-37-,60-39-,61-41-,62-43-,63-45-/t66-,67-,68+,69-,70-,71-,72-,73-,74-,75-,76-,77-,78+,79-/m1/s1. The van der Waals surface area contributed by atoms with E-state index in [0.29, 0.717) is 18.4 Å². The summed E-state index contributed by atoms with van der Waals surface area (Å²) in [6, 6.07) is -3.98. The third kappa shape index (κ3) is 46.6. The Bertz CT molecular complexity index is 3470. The highest BCUT2D eigenvalue weighted by Gasteiger charge is 2.54. The van der Waals surface area contributed by atoms with Crippen LogP contribution in [0.5, 0.6) is 0 Å². The Balaban J connectivity index is 1.85. The van der Waals surface area contributed by atoms with Crippen molar-refractivity contribution >= 4 is 43.1 Å². The van der Waals surface area contributed by atoms with Crippen molar-refractivity contribution in [3.8, 4) is 0 Å². The number of carbonyl (C=O) groups is 2. The zero-order chi connectivity index (χ0) is 85.9. The number of nitrogens with one attached hydrogen (secondary N) is 2. The zero-order valence-corrected chi connectivity index (χ0v) is 72.6. The highest BCUT2D eigenvalue weighted by molar-refractivity contribution is 7.59. The summed E-state index contributed by atoms with van der Waals surface area (Å²) in [5.74, 6) is -1.92. The lowest BCUT2D eigenvalue weighted by molar-refractivity contribution is -0.333. The monoisotopic (exact) mass is 1700 g/mol. The molecule has 35 heteroatoms. The number of phosphoric acid groups is 4. The number of hydrogen-bond donors (Lipinski definition) is 11. The maximum Gasteiger partial charge on any atom is 0.276 e.